The number of ether oxygens (including phenoxy) is 2. The van der Waals surface area contributed by atoms with Crippen molar-refractivity contribution in [2.75, 3.05) is 58.9 Å². The Balaban J connectivity index is 1.44. The molecule has 3 amide bonds. The molecule has 0 aliphatic carbocycles. The summed E-state index contributed by atoms with van der Waals surface area (Å²) in [4.78, 5) is 69.5. The number of aromatic nitrogens is 3. The highest BCUT2D eigenvalue weighted by atomic mass is 32.2. The van der Waals surface area contributed by atoms with Crippen LogP contribution in [0.1, 0.15) is 64.7 Å². The van der Waals surface area contributed by atoms with E-state index in [1.54, 1.807) is 55.1 Å². The maximum absolute atomic E-state index is 13.9. The summed E-state index contributed by atoms with van der Waals surface area (Å²) in [5.74, 6) is -1.64. The molecule has 0 saturated carbocycles. The number of pyridine rings is 1. The zero-order valence-electron chi connectivity index (χ0n) is 35.8. The molecule has 0 fully saturated rings. The average Bonchev–Trinajstić information content (AvgIpc) is 3.64. The van der Waals surface area contributed by atoms with Crippen molar-refractivity contribution in [2.45, 2.75) is 76.9 Å². The summed E-state index contributed by atoms with van der Waals surface area (Å²) >= 11 is 0. The lowest BCUT2D eigenvalue weighted by Gasteiger charge is -2.20. The molecule has 0 radical (unpaired) electrons. The van der Waals surface area contributed by atoms with E-state index in [1.165, 1.54) is 6.20 Å². The molecule has 6 N–H and O–H groups in total. The minimum Gasteiger partial charge on any atom is -0.468 e. The summed E-state index contributed by atoms with van der Waals surface area (Å²) in [6, 6.07) is 7.14. The Morgan fingerprint density at radius 2 is 1.54 bits per heavy atom. The number of hydrogen-bond donors (Lipinski definition) is 6. The van der Waals surface area contributed by atoms with Crippen LogP contribution in [0.25, 0.3) is 10.9 Å². The number of sulfonamides is 1. The topological polar surface area (TPSA) is 233 Å². The van der Waals surface area contributed by atoms with Crippen molar-refractivity contribution in [2.24, 2.45) is 7.05 Å². The second kappa shape index (κ2) is 23.4. The van der Waals surface area contributed by atoms with Crippen molar-refractivity contribution >= 4 is 50.6 Å². The van der Waals surface area contributed by atoms with E-state index < -0.39 is 39.9 Å². The van der Waals surface area contributed by atoms with Gasteiger partial charge in [0.1, 0.15) is 11.6 Å². The van der Waals surface area contributed by atoms with E-state index in [4.69, 9.17) is 9.47 Å². The summed E-state index contributed by atoms with van der Waals surface area (Å²) < 4.78 is 43.3. The molecule has 19 heteroatoms. The van der Waals surface area contributed by atoms with Crippen LogP contribution >= 0.6 is 0 Å². The standard InChI is InChI=1S/C42H59N9O9S/c1-28-22-29(2)39(30(3)23-28)61(57,58)49-34(41(56)59-6)26-47-40(55)33-27-51(35-24-31(10-11-32(35)38(33)54)25-48-42-46-17-19-50(42)5)18-7-15-44-36(52)12-13-37(53)45-16-9-21-60-20-8-14-43-4/h10-11,17,19,22-24,27,34,43,49H,7-9,12-16,18,20-21,25-26H2,1-6H3,(H,44,52)(H,45,53)(H,46,48)(H,47,55)/t34-/m0/s1. The Kier molecular flexibility index (Phi) is 18.4. The Bertz CT molecular complexity index is 2300. The van der Waals surface area contributed by atoms with Crippen LogP contribution in [-0.4, -0.2) is 106 Å². The fraction of sp³-hybridized carbons (Fsp3) is 0.476. The first kappa shape index (κ1) is 48.0. The first-order chi connectivity index (χ1) is 29.1. The van der Waals surface area contributed by atoms with Gasteiger partial charge in [0.05, 0.1) is 17.5 Å². The van der Waals surface area contributed by atoms with Gasteiger partial charge in [-0.1, -0.05) is 23.8 Å². The Morgan fingerprint density at radius 3 is 2.16 bits per heavy atom. The van der Waals surface area contributed by atoms with Crippen LogP contribution < -0.4 is 36.7 Å². The average molecular weight is 866 g/mol. The predicted molar refractivity (Wildman–Crippen MR) is 232 cm³/mol. The first-order valence-electron chi connectivity index (χ1n) is 20.2. The molecule has 0 bridgehead atoms. The van der Waals surface area contributed by atoms with Crippen LogP contribution in [-0.2, 0) is 54.0 Å². The van der Waals surface area contributed by atoms with Gasteiger partial charge in [0.2, 0.25) is 33.2 Å². The van der Waals surface area contributed by atoms with Gasteiger partial charge in [0, 0.05) is 89.8 Å². The number of amides is 3. The van der Waals surface area contributed by atoms with Crippen molar-refractivity contribution in [3.63, 3.8) is 0 Å². The summed E-state index contributed by atoms with van der Waals surface area (Å²) in [7, 11) is 0.593. The molecule has 0 unspecified atom stereocenters. The van der Waals surface area contributed by atoms with Gasteiger partial charge in [0.15, 0.2) is 0 Å². The minimum absolute atomic E-state index is 0.00967. The molecule has 1 atom stereocenters. The number of benzene rings is 2. The maximum Gasteiger partial charge on any atom is 0.325 e. The fourth-order valence-corrected chi connectivity index (χ4v) is 8.43. The molecule has 0 saturated heterocycles. The molecule has 4 aromatic rings. The van der Waals surface area contributed by atoms with Gasteiger partial charge in [-0.15, -0.1) is 0 Å². The number of hydrogen-bond acceptors (Lipinski definition) is 12. The Hall–Kier alpha value is -5.63. The van der Waals surface area contributed by atoms with Gasteiger partial charge in [-0.3, -0.25) is 24.0 Å². The largest absolute Gasteiger partial charge is 0.468 e. The van der Waals surface area contributed by atoms with Crippen LogP contribution in [0, 0.1) is 20.8 Å². The van der Waals surface area contributed by atoms with E-state index in [2.05, 4.69) is 36.3 Å². The highest BCUT2D eigenvalue weighted by Gasteiger charge is 2.30. The van der Waals surface area contributed by atoms with Crippen LogP contribution in [0.15, 0.2) is 58.6 Å². The molecular formula is C42H59N9O9S. The molecule has 18 nitrogen and oxygen atoms in total. The summed E-state index contributed by atoms with van der Waals surface area (Å²) in [5, 5.41) is 14.7. The number of methoxy groups -OCH3 is 1. The monoisotopic (exact) mass is 865 g/mol. The number of fused-ring (bicyclic) bond motifs is 1. The number of anilines is 1. The van der Waals surface area contributed by atoms with E-state index in [-0.39, 0.29) is 53.6 Å². The highest BCUT2D eigenvalue weighted by Crippen LogP contribution is 2.22. The molecule has 0 aliphatic rings. The van der Waals surface area contributed by atoms with E-state index in [0.29, 0.717) is 61.7 Å². The number of nitrogens with zero attached hydrogens (tertiary/aromatic N) is 3. The molecule has 2 aromatic carbocycles. The SMILES string of the molecule is CNCCCOCCCNC(=O)CCC(=O)NCCCn1cc(C(=O)NC[C@H](NS(=O)(=O)c2c(C)cc(C)cc2C)C(=O)OC)c(=O)c2ccc(CNc3nccn3C)cc21. The number of nitrogens with one attached hydrogen (secondary N) is 6. The van der Waals surface area contributed by atoms with Crippen molar-refractivity contribution in [1.82, 2.24) is 40.1 Å². The molecule has 2 heterocycles. The van der Waals surface area contributed by atoms with Crippen LogP contribution in [0.3, 0.4) is 0 Å². The lowest BCUT2D eigenvalue weighted by Crippen LogP contribution is -2.49. The zero-order valence-corrected chi connectivity index (χ0v) is 36.6. The lowest BCUT2D eigenvalue weighted by molar-refractivity contribution is -0.142. The van der Waals surface area contributed by atoms with Crippen molar-refractivity contribution in [1.29, 1.82) is 0 Å². The van der Waals surface area contributed by atoms with Crippen LogP contribution in [0.4, 0.5) is 5.95 Å². The third-order valence-corrected chi connectivity index (χ3v) is 11.5. The normalized spacial score (nSPS) is 11.9. The zero-order chi connectivity index (χ0) is 44.5. The number of carbonyl (C=O) groups is 4. The minimum atomic E-state index is -4.24. The third-order valence-electron chi connectivity index (χ3n) is 9.77. The molecule has 332 valence electrons. The van der Waals surface area contributed by atoms with Gasteiger partial charge >= 0.3 is 5.97 Å². The number of esters is 1. The van der Waals surface area contributed by atoms with Gasteiger partial charge in [-0.05, 0) is 82.4 Å². The highest BCUT2D eigenvalue weighted by molar-refractivity contribution is 7.89. The van der Waals surface area contributed by atoms with Crippen molar-refractivity contribution in [3.8, 4) is 0 Å². The lowest BCUT2D eigenvalue weighted by atomic mass is 10.1. The van der Waals surface area contributed by atoms with E-state index >= 15 is 0 Å². The molecule has 0 aliphatic heterocycles. The molecule has 61 heavy (non-hydrogen) atoms. The Labute approximate surface area is 356 Å². The second-order valence-corrected chi connectivity index (χ2v) is 16.4. The number of carbonyl (C=O) groups excluding carboxylic acids is 4. The Morgan fingerprint density at radius 1 is 0.885 bits per heavy atom. The maximum atomic E-state index is 13.9. The van der Waals surface area contributed by atoms with Crippen molar-refractivity contribution < 1.29 is 37.1 Å². The molecule has 2 aromatic heterocycles. The number of imidazole rings is 1. The molecule has 0 spiro atoms. The van der Waals surface area contributed by atoms with Gasteiger partial charge in [-0.2, -0.15) is 4.72 Å². The summed E-state index contributed by atoms with van der Waals surface area (Å²) in [6.07, 6.45) is 6.92. The summed E-state index contributed by atoms with van der Waals surface area (Å²) in [5.41, 5.74) is 2.39. The smallest absolute Gasteiger partial charge is 0.325 e. The van der Waals surface area contributed by atoms with E-state index in [9.17, 15) is 32.4 Å². The number of aryl methyl sites for hydroxylation is 5. The van der Waals surface area contributed by atoms with Gasteiger partial charge < -0.3 is 45.2 Å². The van der Waals surface area contributed by atoms with E-state index in [0.717, 1.165) is 31.2 Å². The predicted octanol–water partition coefficient (Wildman–Crippen LogP) is 1.94. The molecular weight excluding hydrogens is 807 g/mol. The second-order valence-electron chi connectivity index (χ2n) is 14.7. The van der Waals surface area contributed by atoms with E-state index in [1.807, 2.05) is 31.7 Å². The van der Waals surface area contributed by atoms with Gasteiger partial charge in [-0.25, -0.2) is 13.4 Å². The quantitative estimate of drug-likeness (QED) is 0.0415. The summed E-state index contributed by atoms with van der Waals surface area (Å²) in [6.45, 7) is 8.08. The van der Waals surface area contributed by atoms with Gasteiger partial charge in [0.25, 0.3) is 5.91 Å². The third kappa shape index (κ3) is 14.2. The van der Waals surface area contributed by atoms with Crippen LogP contribution in [0.2, 0.25) is 0 Å². The fourth-order valence-electron chi connectivity index (χ4n) is 6.79. The van der Waals surface area contributed by atoms with Crippen molar-refractivity contribution in [3.05, 3.63) is 87.0 Å². The van der Waals surface area contributed by atoms with Crippen LogP contribution in [0.5, 0.6) is 0 Å². The molecule has 4 rings (SSSR count). The number of rotatable bonds is 25. The first-order valence-corrected chi connectivity index (χ1v) is 21.7.